The van der Waals surface area contributed by atoms with Crippen LogP contribution in [0, 0.1) is 18.6 Å². The van der Waals surface area contributed by atoms with E-state index in [-0.39, 0.29) is 17.3 Å². The molecule has 1 N–H and O–H groups in total. The summed E-state index contributed by atoms with van der Waals surface area (Å²) in [5.74, 6) is -3.19. The maximum absolute atomic E-state index is 13.5. The molecular weight excluding hydrogens is 358 g/mol. The molecule has 1 aromatic heterocycles. The van der Waals surface area contributed by atoms with Crippen molar-refractivity contribution in [2.75, 3.05) is 11.9 Å². The van der Waals surface area contributed by atoms with E-state index in [1.54, 1.807) is 24.3 Å². The number of para-hydroxylation sites is 1. The first-order valence-electron chi connectivity index (χ1n) is 7.89. The first-order chi connectivity index (χ1) is 13.0. The van der Waals surface area contributed by atoms with E-state index in [0.29, 0.717) is 5.56 Å². The quantitative estimate of drug-likeness (QED) is 0.691. The summed E-state index contributed by atoms with van der Waals surface area (Å²) >= 11 is 0. The van der Waals surface area contributed by atoms with E-state index in [0.717, 1.165) is 18.2 Å². The van der Waals surface area contributed by atoms with Gasteiger partial charge < -0.3 is 14.5 Å². The molecular formula is C19H14F2N2O4. The Morgan fingerprint density at radius 1 is 1.07 bits per heavy atom. The lowest BCUT2D eigenvalue weighted by Gasteiger charge is -2.07. The second-order valence-electron chi connectivity index (χ2n) is 5.51. The van der Waals surface area contributed by atoms with Crippen molar-refractivity contribution >= 4 is 17.6 Å². The highest BCUT2D eigenvalue weighted by Crippen LogP contribution is 2.22. The first-order valence-corrected chi connectivity index (χ1v) is 7.89. The zero-order chi connectivity index (χ0) is 19.4. The molecule has 0 spiro atoms. The number of carbonyl (C=O) groups excluding carboxylic acids is 2. The van der Waals surface area contributed by atoms with Crippen molar-refractivity contribution in [2.45, 2.75) is 6.92 Å². The number of aromatic nitrogens is 1. The molecule has 0 unspecified atom stereocenters. The van der Waals surface area contributed by atoms with Crippen LogP contribution in [0.1, 0.15) is 16.2 Å². The maximum Gasteiger partial charge on any atom is 0.361 e. The van der Waals surface area contributed by atoms with Gasteiger partial charge in [-0.2, -0.15) is 0 Å². The lowest BCUT2D eigenvalue weighted by Crippen LogP contribution is -2.22. The van der Waals surface area contributed by atoms with Crippen LogP contribution in [0.5, 0.6) is 0 Å². The van der Waals surface area contributed by atoms with E-state index in [2.05, 4.69) is 4.98 Å². The highest BCUT2D eigenvalue weighted by molar-refractivity contribution is 5.95. The van der Waals surface area contributed by atoms with E-state index in [1.165, 1.54) is 6.92 Å². The van der Waals surface area contributed by atoms with Crippen molar-refractivity contribution in [3.63, 3.8) is 0 Å². The van der Waals surface area contributed by atoms with Gasteiger partial charge in [0.15, 0.2) is 12.3 Å². The number of rotatable bonds is 5. The zero-order valence-corrected chi connectivity index (χ0v) is 14.2. The Morgan fingerprint density at radius 3 is 2.41 bits per heavy atom. The Hall–Kier alpha value is -3.55. The summed E-state index contributed by atoms with van der Waals surface area (Å²) in [6.07, 6.45) is 0. The summed E-state index contributed by atoms with van der Waals surface area (Å²) < 4.78 is 37.3. The molecule has 0 radical (unpaired) electrons. The lowest BCUT2D eigenvalue weighted by atomic mass is 10.2. The number of ether oxygens (including phenoxy) is 1. The summed E-state index contributed by atoms with van der Waals surface area (Å²) in [5.41, 5.74) is -0.0197. The topological polar surface area (TPSA) is 81.4 Å². The normalized spacial score (nSPS) is 10.5. The minimum Gasteiger partial charge on any atom is -0.451 e. The van der Waals surface area contributed by atoms with Gasteiger partial charge in [-0.3, -0.25) is 4.79 Å². The Bertz CT molecular complexity index is 966. The van der Waals surface area contributed by atoms with Crippen LogP contribution in [0.25, 0.3) is 11.5 Å². The van der Waals surface area contributed by atoms with Crippen molar-refractivity contribution in [3.8, 4) is 11.5 Å². The minimum atomic E-state index is -0.936. The molecule has 8 heteroatoms. The number of oxazole rings is 1. The fraction of sp³-hybridized carbons (Fsp3) is 0.105. The number of benzene rings is 2. The molecule has 0 saturated carbocycles. The van der Waals surface area contributed by atoms with E-state index in [4.69, 9.17) is 9.15 Å². The molecule has 27 heavy (non-hydrogen) atoms. The van der Waals surface area contributed by atoms with Crippen LogP contribution in [0.2, 0.25) is 0 Å². The number of hydrogen-bond acceptors (Lipinski definition) is 5. The Morgan fingerprint density at radius 2 is 1.74 bits per heavy atom. The minimum absolute atomic E-state index is 0.0845. The number of amides is 1. The second-order valence-corrected chi connectivity index (χ2v) is 5.51. The fourth-order valence-corrected chi connectivity index (χ4v) is 2.28. The zero-order valence-electron chi connectivity index (χ0n) is 14.2. The van der Waals surface area contributed by atoms with E-state index in [9.17, 15) is 18.4 Å². The first kappa shape index (κ1) is 18.2. The van der Waals surface area contributed by atoms with Crippen molar-refractivity contribution in [3.05, 3.63) is 71.6 Å². The summed E-state index contributed by atoms with van der Waals surface area (Å²) in [7, 11) is 0. The average Bonchev–Trinajstić information content (AvgIpc) is 3.05. The highest BCUT2D eigenvalue weighted by Gasteiger charge is 2.21. The predicted octanol–water partition coefficient (Wildman–Crippen LogP) is 3.72. The molecule has 0 atom stereocenters. The van der Waals surface area contributed by atoms with Crippen molar-refractivity contribution in [1.82, 2.24) is 4.98 Å². The van der Waals surface area contributed by atoms with Gasteiger partial charge in [-0.25, -0.2) is 18.6 Å². The molecule has 6 nitrogen and oxygen atoms in total. The van der Waals surface area contributed by atoms with Gasteiger partial charge in [-0.15, -0.1) is 0 Å². The standard InChI is InChI=1S/C19H14F2N2O4/c1-11-16(23-18(27-11)12-6-3-2-4-7-12)19(25)26-10-15(24)22-17-13(20)8-5-9-14(17)21/h2-9H,10H2,1H3,(H,22,24). The predicted molar refractivity (Wildman–Crippen MR) is 91.9 cm³/mol. The highest BCUT2D eigenvalue weighted by atomic mass is 19.1. The molecule has 3 aromatic rings. The van der Waals surface area contributed by atoms with Gasteiger partial charge in [-0.05, 0) is 31.2 Å². The number of carbonyl (C=O) groups is 2. The van der Waals surface area contributed by atoms with Gasteiger partial charge in [0.1, 0.15) is 23.1 Å². The summed E-state index contributed by atoms with van der Waals surface area (Å²) in [5, 5.41) is 2.02. The molecule has 138 valence electrons. The van der Waals surface area contributed by atoms with Gasteiger partial charge in [0, 0.05) is 5.56 Å². The Labute approximate surface area is 152 Å². The van der Waals surface area contributed by atoms with Gasteiger partial charge >= 0.3 is 5.97 Å². The molecule has 1 heterocycles. The van der Waals surface area contributed by atoms with E-state index >= 15 is 0 Å². The number of esters is 1. The van der Waals surface area contributed by atoms with Gasteiger partial charge in [-0.1, -0.05) is 24.3 Å². The summed E-state index contributed by atoms with van der Waals surface area (Å²) in [4.78, 5) is 28.0. The second kappa shape index (κ2) is 7.77. The molecule has 3 rings (SSSR count). The van der Waals surface area contributed by atoms with Gasteiger partial charge in [0.25, 0.3) is 5.91 Å². The van der Waals surface area contributed by atoms with Gasteiger partial charge in [0.05, 0.1) is 0 Å². The molecule has 0 saturated heterocycles. The number of hydrogen-bond donors (Lipinski definition) is 1. The average molecular weight is 372 g/mol. The smallest absolute Gasteiger partial charge is 0.361 e. The van der Waals surface area contributed by atoms with E-state index < -0.39 is 35.8 Å². The number of nitrogens with zero attached hydrogens (tertiary/aromatic N) is 1. The number of aryl methyl sites for hydroxylation is 1. The maximum atomic E-state index is 13.5. The molecule has 0 aliphatic carbocycles. The van der Waals surface area contributed by atoms with Crippen molar-refractivity contribution in [2.24, 2.45) is 0 Å². The summed E-state index contributed by atoms with van der Waals surface area (Å²) in [6, 6.07) is 12.1. The monoisotopic (exact) mass is 372 g/mol. The molecule has 0 bridgehead atoms. The number of anilines is 1. The Kier molecular flexibility index (Phi) is 5.25. The molecule has 1 amide bonds. The van der Waals surface area contributed by atoms with Crippen LogP contribution in [-0.2, 0) is 9.53 Å². The van der Waals surface area contributed by atoms with Gasteiger partial charge in [0.2, 0.25) is 5.89 Å². The number of nitrogens with one attached hydrogen (secondary N) is 1. The van der Waals surface area contributed by atoms with Crippen LogP contribution in [0.15, 0.2) is 52.9 Å². The van der Waals surface area contributed by atoms with Crippen LogP contribution in [0.3, 0.4) is 0 Å². The van der Waals surface area contributed by atoms with Crippen LogP contribution < -0.4 is 5.32 Å². The van der Waals surface area contributed by atoms with Crippen LogP contribution >= 0.6 is 0 Å². The third-order valence-electron chi connectivity index (χ3n) is 3.57. The Balaban J connectivity index is 1.64. The van der Waals surface area contributed by atoms with Crippen LogP contribution in [0.4, 0.5) is 14.5 Å². The molecule has 0 aliphatic heterocycles. The molecule has 0 aliphatic rings. The third-order valence-corrected chi connectivity index (χ3v) is 3.57. The lowest BCUT2D eigenvalue weighted by molar-refractivity contribution is -0.119. The third kappa shape index (κ3) is 4.17. The summed E-state index contributed by atoms with van der Waals surface area (Å²) in [6.45, 7) is 0.796. The fourth-order valence-electron chi connectivity index (χ4n) is 2.28. The SMILES string of the molecule is Cc1oc(-c2ccccc2)nc1C(=O)OCC(=O)Nc1c(F)cccc1F. The largest absolute Gasteiger partial charge is 0.451 e. The van der Waals surface area contributed by atoms with Crippen LogP contribution in [-0.4, -0.2) is 23.5 Å². The molecule has 0 fully saturated rings. The van der Waals surface area contributed by atoms with Crippen molar-refractivity contribution < 1.29 is 27.5 Å². The van der Waals surface area contributed by atoms with Crippen molar-refractivity contribution in [1.29, 1.82) is 0 Å². The van der Waals surface area contributed by atoms with E-state index in [1.807, 2.05) is 11.4 Å². The molecule has 2 aromatic carbocycles. The number of halogens is 2.